The van der Waals surface area contributed by atoms with E-state index in [0.717, 1.165) is 11.3 Å². The molecule has 0 aromatic heterocycles. The normalized spacial score (nSPS) is 23.2. The Morgan fingerprint density at radius 3 is 2.89 bits per heavy atom. The Morgan fingerprint density at radius 1 is 1.53 bits per heavy atom. The molecule has 2 unspecified atom stereocenters. The Kier molecular flexibility index (Phi) is 4.44. The average Bonchev–Trinajstić information content (AvgIpc) is 2.76. The fraction of sp³-hybridized carbons (Fsp3) is 0.538. The average molecular weight is 284 g/mol. The standard InChI is InChI=1S/C13H20N2O3S/c1-18-12-4-2-3-10(7-12)8-13(15-14)11-5-6-19(16,17)9-11/h2-4,7,11,13,15H,5-6,8-9,14H2,1H3. The molecule has 1 aliphatic heterocycles. The Bertz CT molecular complexity index is 530. The molecule has 5 nitrogen and oxygen atoms in total. The lowest BCUT2D eigenvalue weighted by atomic mass is 9.93. The summed E-state index contributed by atoms with van der Waals surface area (Å²) in [5, 5.41) is 0. The number of hydrogen-bond donors (Lipinski definition) is 2. The largest absolute Gasteiger partial charge is 0.497 e. The van der Waals surface area contributed by atoms with Crippen LogP contribution in [-0.2, 0) is 16.3 Å². The second-order valence-electron chi connectivity index (χ2n) is 4.99. The highest BCUT2D eigenvalue weighted by Crippen LogP contribution is 2.24. The zero-order chi connectivity index (χ0) is 13.9. The third kappa shape index (κ3) is 3.68. The Hall–Kier alpha value is -1.11. The summed E-state index contributed by atoms with van der Waals surface area (Å²) in [6, 6.07) is 7.73. The van der Waals surface area contributed by atoms with Gasteiger partial charge in [-0.1, -0.05) is 12.1 Å². The number of rotatable bonds is 5. The van der Waals surface area contributed by atoms with E-state index in [-0.39, 0.29) is 23.5 Å². The maximum absolute atomic E-state index is 11.5. The van der Waals surface area contributed by atoms with Gasteiger partial charge in [-0.25, -0.2) is 8.42 Å². The van der Waals surface area contributed by atoms with Gasteiger partial charge in [0.2, 0.25) is 0 Å². The van der Waals surface area contributed by atoms with Gasteiger partial charge in [-0.2, -0.15) is 0 Å². The summed E-state index contributed by atoms with van der Waals surface area (Å²) in [6.07, 6.45) is 1.38. The zero-order valence-electron chi connectivity index (χ0n) is 11.0. The number of sulfone groups is 1. The highest BCUT2D eigenvalue weighted by molar-refractivity contribution is 7.91. The predicted octanol–water partition coefficient (Wildman–Crippen LogP) is 0.504. The number of nitrogens with one attached hydrogen (secondary N) is 1. The van der Waals surface area contributed by atoms with Crippen LogP contribution < -0.4 is 16.0 Å². The summed E-state index contributed by atoms with van der Waals surface area (Å²) < 4.78 is 28.2. The molecule has 106 valence electrons. The van der Waals surface area contributed by atoms with Gasteiger partial charge in [0.1, 0.15) is 5.75 Å². The molecule has 1 aliphatic rings. The molecule has 2 atom stereocenters. The zero-order valence-corrected chi connectivity index (χ0v) is 11.8. The van der Waals surface area contributed by atoms with Crippen molar-refractivity contribution in [3.05, 3.63) is 29.8 Å². The van der Waals surface area contributed by atoms with Crippen LogP contribution >= 0.6 is 0 Å². The summed E-state index contributed by atoms with van der Waals surface area (Å²) in [5.41, 5.74) is 3.85. The van der Waals surface area contributed by atoms with Crippen LogP contribution in [0.2, 0.25) is 0 Å². The minimum atomic E-state index is -2.88. The lowest BCUT2D eigenvalue weighted by molar-refractivity contribution is 0.383. The van der Waals surface area contributed by atoms with Crippen molar-refractivity contribution >= 4 is 9.84 Å². The maximum Gasteiger partial charge on any atom is 0.150 e. The molecule has 2 rings (SSSR count). The van der Waals surface area contributed by atoms with Crippen molar-refractivity contribution in [2.45, 2.75) is 18.9 Å². The van der Waals surface area contributed by atoms with E-state index in [2.05, 4.69) is 5.43 Å². The fourth-order valence-corrected chi connectivity index (χ4v) is 4.44. The molecular weight excluding hydrogens is 264 g/mol. The number of nitrogens with two attached hydrogens (primary N) is 1. The lowest BCUT2D eigenvalue weighted by Gasteiger charge is -2.21. The van der Waals surface area contributed by atoms with E-state index in [4.69, 9.17) is 10.6 Å². The van der Waals surface area contributed by atoms with E-state index in [1.54, 1.807) is 7.11 Å². The first kappa shape index (κ1) is 14.3. The van der Waals surface area contributed by atoms with Crippen molar-refractivity contribution in [1.29, 1.82) is 0 Å². The third-order valence-corrected chi connectivity index (χ3v) is 5.43. The van der Waals surface area contributed by atoms with Crippen LogP contribution in [0.5, 0.6) is 5.75 Å². The first-order valence-corrected chi connectivity index (χ1v) is 8.15. The third-order valence-electron chi connectivity index (χ3n) is 3.64. The van der Waals surface area contributed by atoms with Crippen LogP contribution in [0.25, 0.3) is 0 Å². The monoisotopic (exact) mass is 284 g/mol. The maximum atomic E-state index is 11.5. The van der Waals surface area contributed by atoms with Crippen LogP contribution in [-0.4, -0.2) is 33.1 Å². The molecule has 0 amide bonds. The van der Waals surface area contributed by atoms with Gasteiger partial charge < -0.3 is 4.74 Å². The molecule has 6 heteroatoms. The number of hydrazine groups is 1. The smallest absolute Gasteiger partial charge is 0.150 e. The van der Waals surface area contributed by atoms with Crippen molar-refractivity contribution < 1.29 is 13.2 Å². The van der Waals surface area contributed by atoms with Gasteiger partial charge in [0, 0.05) is 6.04 Å². The van der Waals surface area contributed by atoms with Gasteiger partial charge in [-0.15, -0.1) is 0 Å². The van der Waals surface area contributed by atoms with Gasteiger partial charge >= 0.3 is 0 Å². The van der Waals surface area contributed by atoms with Crippen LogP contribution in [0.1, 0.15) is 12.0 Å². The van der Waals surface area contributed by atoms with E-state index in [0.29, 0.717) is 12.8 Å². The molecule has 1 heterocycles. The molecule has 0 saturated carbocycles. The van der Waals surface area contributed by atoms with Crippen LogP contribution in [0.15, 0.2) is 24.3 Å². The highest BCUT2D eigenvalue weighted by atomic mass is 32.2. The van der Waals surface area contributed by atoms with Crippen LogP contribution in [0.4, 0.5) is 0 Å². The number of ether oxygens (including phenoxy) is 1. The SMILES string of the molecule is COc1cccc(CC(NN)C2CCS(=O)(=O)C2)c1. The summed E-state index contributed by atoms with van der Waals surface area (Å²) in [5.74, 6) is 6.97. The quantitative estimate of drug-likeness (QED) is 0.608. The molecule has 0 radical (unpaired) electrons. The minimum absolute atomic E-state index is 0.0237. The van der Waals surface area contributed by atoms with Gasteiger partial charge in [-0.05, 0) is 36.5 Å². The lowest BCUT2D eigenvalue weighted by Crippen LogP contribution is -2.43. The van der Waals surface area contributed by atoms with E-state index in [1.165, 1.54) is 0 Å². The summed E-state index contributed by atoms with van der Waals surface area (Å²) in [6.45, 7) is 0. The van der Waals surface area contributed by atoms with Gasteiger partial charge in [0.15, 0.2) is 9.84 Å². The molecule has 1 aromatic rings. The highest BCUT2D eigenvalue weighted by Gasteiger charge is 2.33. The molecule has 0 bridgehead atoms. The molecular formula is C13H20N2O3S. The molecule has 1 saturated heterocycles. The molecule has 19 heavy (non-hydrogen) atoms. The molecule has 1 aromatic carbocycles. The fourth-order valence-electron chi connectivity index (χ4n) is 2.56. The molecule has 1 fully saturated rings. The number of hydrogen-bond acceptors (Lipinski definition) is 5. The van der Waals surface area contributed by atoms with E-state index >= 15 is 0 Å². The topological polar surface area (TPSA) is 81.4 Å². The predicted molar refractivity (Wildman–Crippen MR) is 74.6 cm³/mol. The van der Waals surface area contributed by atoms with E-state index < -0.39 is 9.84 Å². The van der Waals surface area contributed by atoms with Crippen molar-refractivity contribution in [3.63, 3.8) is 0 Å². The molecule has 0 spiro atoms. The Morgan fingerprint density at radius 2 is 2.32 bits per heavy atom. The Labute approximate surface area is 114 Å². The first-order chi connectivity index (χ1) is 9.04. The van der Waals surface area contributed by atoms with Crippen molar-refractivity contribution in [2.24, 2.45) is 11.8 Å². The molecule has 0 aliphatic carbocycles. The van der Waals surface area contributed by atoms with Gasteiger partial charge in [0.05, 0.1) is 18.6 Å². The van der Waals surface area contributed by atoms with Crippen molar-refractivity contribution in [3.8, 4) is 5.75 Å². The second kappa shape index (κ2) is 5.90. The molecule has 3 N–H and O–H groups in total. The summed E-state index contributed by atoms with van der Waals surface area (Å²) in [7, 11) is -1.25. The number of benzene rings is 1. The summed E-state index contributed by atoms with van der Waals surface area (Å²) >= 11 is 0. The van der Waals surface area contributed by atoms with Crippen LogP contribution in [0, 0.1) is 5.92 Å². The van der Waals surface area contributed by atoms with Crippen LogP contribution in [0.3, 0.4) is 0 Å². The van der Waals surface area contributed by atoms with Gasteiger partial charge in [0.25, 0.3) is 0 Å². The van der Waals surface area contributed by atoms with E-state index in [9.17, 15) is 8.42 Å². The van der Waals surface area contributed by atoms with Crippen molar-refractivity contribution in [1.82, 2.24) is 5.43 Å². The first-order valence-electron chi connectivity index (χ1n) is 6.33. The van der Waals surface area contributed by atoms with Gasteiger partial charge in [-0.3, -0.25) is 11.3 Å². The summed E-state index contributed by atoms with van der Waals surface area (Å²) in [4.78, 5) is 0. The minimum Gasteiger partial charge on any atom is -0.497 e. The number of methoxy groups -OCH3 is 1. The van der Waals surface area contributed by atoms with E-state index in [1.807, 2.05) is 24.3 Å². The van der Waals surface area contributed by atoms with Crippen molar-refractivity contribution in [2.75, 3.05) is 18.6 Å². The second-order valence-corrected chi connectivity index (χ2v) is 7.22. The Balaban J connectivity index is 2.06.